The molecule has 0 aliphatic carbocycles. The van der Waals surface area contributed by atoms with Crippen molar-refractivity contribution in [2.24, 2.45) is 5.73 Å². The molecule has 0 fully saturated rings. The van der Waals surface area contributed by atoms with Gasteiger partial charge in [0.1, 0.15) is 6.61 Å². The number of nitrogens with two attached hydrogens (primary N) is 1. The molecule has 9 nitrogen and oxygen atoms in total. The highest BCUT2D eigenvalue weighted by Crippen LogP contribution is 2.43. The zero-order valence-corrected chi connectivity index (χ0v) is 29.8. The van der Waals surface area contributed by atoms with Crippen molar-refractivity contribution in [3.63, 3.8) is 0 Å². The van der Waals surface area contributed by atoms with E-state index in [1.165, 1.54) is 77.0 Å². The summed E-state index contributed by atoms with van der Waals surface area (Å²) in [6.45, 7) is 3.67. The molecule has 0 aromatic carbocycles. The van der Waals surface area contributed by atoms with Crippen molar-refractivity contribution in [3.8, 4) is 0 Å². The molecule has 2 atom stereocenters. The predicted octanol–water partition coefficient (Wildman–Crippen LogP) is 9.49. The number of allylic oxidation sites excluding steroid dienone is 2. The fourth-order valence-corrected chi connectivity index (χ4v) is 5.67. The molecule has 0 amide bonds. The first-order valence-electron chi connectivity index (χ1n) is 18.2. The third-order valence-electron chi connectivity index (χ3n) is 7.65. The number of rotatable bonds is 34. The second-order valence-electron chi connectivity index (χ2n) is 12.1. The highest BCUT2D eigenvalue weighted by Gasteiger charge is 2.25. The molecule has 3 N–H and O–H groups in total. The highest BCUT2D eigenvalue weighted by atomic mass is 31.2. The lowest BCUT2D eigenvalue weighted by atomic mass is 10.0. The van der Waals surface area contributed by atoms with Crippen LogP contribution in [0, 0.1) is 0 Å². The lowest BCUT2D eigenvalue weighted by Gasteiger charge is -2.19. The largest absolute Gasteiger partial charge is 0.472 e. The molecule has 0 spiro atoms. The van der Waals surface area contributed by atoms with Crippen molar-refractivity contribution in [3.05, 3.63) is 12.2 Å². The SMILES string of the molecule is CCCC/C=C\CCCCCCCC(=O)O[C@H](COC(=O)CCCCCCCCCCCCCCC)COP(=O)(O)OCCN. The summed E-state index contributed by atoms with van der Waals surface area (Å²) in [6, 6.07) is 0. The van der Waals surface area contributed by atoms with Crippen LogP contribution in [-0.2, 0) is 32.7 Å². The van der Waals surface area contributed by atoms with E-state index >= 15 is 0 Å². The number of phosphoric ester groups is 1. The Bertz CT molecular complexity index is 764. The number of esters is 2. The molecule has 0 saturated carbocycles. The summed E-state index contributed by atoms with van der Waals surface area (Å²) < 4.78 is 32.6. The second kappa shape index (κ2) is 32.7. The maximum Gasteiger partial charge on any atom is 0.472 e. The van der Waals surface area contributed by atoms with Crippen LogP contribution in [0.15, 0.2) is 12.2 Å². The zero-order chi connectivity index (χ0) is 33.3. The van der Waals surface area contributed by atoms with Gasteiger partial charge in [-0.15, -0.1) is 0 Å². The molecule has 0 radical (unpaired) electrons. The number of hydrogen-bond donors (Lipinski definition) is 2. The number of phosphoric acid groups is 1. The van der Waals surface area contributed by atoms with Crippen LogP contribution in [0.4, 0.5) is 0 Å². The van der Waals surface area contributed by atoms with Crippen molar-refractivity contribution < 1.29 is 37.6 Å². The van der Waals surface area contributed by atoms with Gasteiger partial charge in [-0.05, 0) is 32.1 Å². The van der Waals surface area contributed by atoms with Gasteiger partial charge in [0.05, 0.1) is 13.2 Å². The lowest BCUT2D eigenvalue weighted by molar-refractivity contribution is -0.161. The Morgan fingerprint density at radius 1 is 0.644 bits per heavy atom. The smallest absolute Gasteiger partial charge is 0.462 e. The Kier molecular flexibility index (Phi) is 31.8. The Balaban J connectivity index is 4.24. The first-order valence-corrected chi connectivity index (χ1v) is 19.7. The van der Waals surface area contributed by atoms with Gasteiger partial charge in [0.15, 0.2) is 6.10 Å². The van der Waals surface area contributed by atoms with E-state index < -0.39 is 26.5 Å². The second-order valence-corrected chi connectivity index (χ2v) is 13.5. The zero-order valence-electron chi connectivity index (χ0n) is 28.9. The molecule has 0 saturated heterocycles. The van der Waals surface area contributed by atoms with E-state index in [9.17, 15) is 19.0 Å². The van der Waals surface area contributed by atoms with E-state index in [1.807, 2.05) is 0 Å². The molecule has 1 unspecified atom stereocenters. The third-order valence-corrected chi connectivity index (χ3v) is 8.64. The summed E-state index contributed by atoms with van der Waals surface area (Å²) >= 11 is 0. The van der Waals surface area contributed by atoms with E-state index in [0.717, 1.165) is 57.8 Å². The monoisotopic (exact) mass is 661 g/mol. The van der Waals surface area contributed by atoms with Crippen molar-refractivity contribution in [2.45, 2.75) is 174 Å². The minimum atomic E-state index is -4.36. The van der Waals surface area contributed by atoms with Gasteiger partial charge in [-0.2, -0.15) is 0 Å². The molecular formula is C35H68NO8P. The number of ether oxygens (including phenoxy) is 2. The number of unbranched alkanes of at least 4 members (excludes halogenated alkanes) is 19. The normalized spacial score (nSPS) is 13.6. The van der Waals surface area contributed by atoms with E-state index in [1.54, 1.807) is 0 Å². The van der Waals surface area contributed by atoms with E-state index in [4.69, 9.17) is 24.3 Å². The standard InChI is InChI=1S/C35H68NO8P/c1-3-5-7-9-11-13-15-16-18-19-21-23-25-27-34(37)41-31-33(32-43-45(39,40)42-30-29-36)44-35(38)28-26-24-22-20-17-14-12-10-8-6-4-2/h10,12,33H,3-9,11,13-32,36H2,1-2H3,(H,39,40)/b12-10-/t33-/m1/s1. The third kappa shape index (κ3) is 32.5. The Morgan fingerprint density at radius 3 is 1.64 bits per heavy atom. The summed E-state index contributed by atoms with van der Waals surface area (Å²) in [7, 11) is -4.36. The average molecular weight is 662 g/mol. The fourth-order valence-electron chi connectivity index (χ4n) is 4.91. The van der Waals surface area contributed by atoms with Gasteiger partial charge in [0, 0.05) is 19.4 Å². The van der Waals surface area contributed by atoms with Gasteiger partial charge < -0.3 is 20.1 Å². The number of carbonyl (C=O) groups is 2. The van der Waals surface area contributed by atoms with Gasteiger partial charge in [-0.1, -0.05) is 135 Å². The van der Waals surface area contributed by atoms with Gasteiger partial charge in [0.2, 0.25) is 0 Å². The van der Waals surface area contributed by atoms with Gasteiger partial charge >= 0.3 is 19.8 Å². The fraction of sp³-hybridized carbons (Fsp3) is 0.886. The summed E-state index contributed by atoms with van der Waals surface area (Å²) in [4.78, 5) is 34.6. The van der Waals surface area contributed by atoms with Gasteiger partial charge in [0.25, 0.3) is 0 Å². The van der Waals surface area contributed by atoms with Crippen LogP contribution in [-0.4, -0.2) is 49.3 Å². The van der Waals surface area contributed by atoms with Crippen molar-refractivity contribution in [1.82, 2.24) is 0 Å². The molecule has 0 heterocycles. The molecule has 0 aliphatic rings. The van der Waals surface area contributed by atoms with Crippen LogP contribution in [0.2, 0.25) is 0 Å². The molecular weight excluding hydrogens is 593 g/mol. The van der Waals surface area contributed by atoms with Crippen molar-refractivity contribution >= 4 is 19.8 Å². The molecule has 0 aromatic rings. The maximum atomic E-state index is 12.5. The quantitative estimate of drug-likeness (QED) is 0.0299. The molecule has 0 aromatic heterocycles. The topological polar surface area (TPSA) is 134 Å². The molecule has 0 aliphatic heterocycles. The molecule has 0 rings (SSSR count). The molecule has 0 bridgehead atoms. The van der Waals surface area contributed by atoms with Gasteiger partial charge in [-0.3, -0.25) is 18.6 Å². The van der Waals surface area contributed by atoms with Crippen molar-refractivity contribution in [2.75, 3.05) is 26.4 Å². The summed E-state index contributed by atoms with van der Waals surface area (Å²) in [5.74, 6) is -0.837. The Morgan fingerprint density at radius 2 is 1.11 bits per heavy atom. The molecule has 266 valence electrons. The van der Waals surface area contributed by atoms with Crippen molar-refractivity contribution in [1.29, 1.82) is 0 Å². The summed E-state index contributed by atoms with van der Waals surface area (Å²) in [5, 5.41) is 0. The van der Waals surface area contributed by atoms with E-state index in [2.05, 4.69) is 26.0 Å². The average Bonchev–Trinajstić information content (AvgIpc) is 3.02. The number of carbonyl (C=O) groups excluding carboxylic acids is 2. The number of hydrogen-bond acceptors (Lipinski definition) is 8. The highest BCUT2D eigenvalue weighted by molar-refractivity contribution is 7.47. The van der Waals surface area contributed by atoms with Crippen LogP contribution in [0.3, 0.4) is 0 Å². The lowest BCUT2D eigenvalue weighted by Crippen LogP contribution is -2.29. The van der Waals surface area contributed by atoms with Crippen LogP contribution in [0.25, 0.3) is 0 Å². The Hall–Kier alpha value is -1.25. The van der Waals surface area contributed by atoms with E-state index in [-0.39, 0.29) is 38.6 Å². The maximum absolute atomic E-state index is 12.5. The minimum absolute atomic E-state index is 0.0544. The first-order chi connectivity index (χ1) is 21.8. The van der Waals surface area contributed by atoms with E-state index in [0.29, 0.717) is 6.42 Å². The summed E-state index contributed by atoms with van der Waals surface area (Å²) in [5.41, 5.74) is 5.32. The van der Waals surface area contributed by atoms with Crippen LogP contribution >= 0.6 is 7.82 Å². The molecule has 10 heteroatoms. The summed E-state index contributed by atoms with van der Waals surface area (Å²) in [6.07, 6.45) is 29.5. The van der Waals surface area contributed by atoms with Crippen LogP contribution in [0.5, 0.6) is 0 Å². The minimum Gasteiger partial charge on any atom is -0.462 e. The Labute approximate surface area is 275 Å². The predicted molar refractivity (Wildman–Crippen MR) is 183 cm³/mol. The first kappa shape index (κ1) is 43.8. The molecule has 45 heavy (non-hydrogen) atoms. The van der Waals surface area contributed by atoms with Crippen LogP contribution < -0.4 is 5.73 Å². The van der Waals surface area contributed by atoms with Gasteiger partial charge in [-0.25, -0.2) is 4.57 Å². The van der Waals surface area contributed by atoms with Crippen LogP contribution in [0.1, 0.15) is 168 Å².